The first-order valence-electron chi connectivity index (χ1n) is 7.74. The van der Waals surface area contributed by atoms with Gasteiger partial charge in [0.05, 0.1) is 11.7 Å². The monoisotopic (exact) mass is 300 g/mol. The Kier molecular flexibility index (Phi) is 5.31. The average molecular weight is 300 g/mol. The third kappa shape index (κ3) is 4.47. The van der Waals surface area contributed by atoms with E-state index >= 15 is 0 Å². The van der Waals surface area contributed by atoms with Crippen LogP contribution in [0.25, 0.3) is 0 Å². The van der Waals surface area contributed by atoms with E-state index in [-0.39, 0.29) is 12.0 Å². The van der Waals surface area contributed by atoms with Gasteiger partial charge in [-0.3, -0.25) is 0 Å². The van der Waals surface area contributed by atoms with Gasteiger partial charge in [-0.2, -0.15) is 13.2 Å². The number of halogens is 3. The van der Waals surface area contributed by atoms with Gasteiger partial charge in [0.15, 0.2) is 0 Å². The van der Waals surface area contributed by atoms with Gasteiger partial charge in [0.1, 0.15) is 0 Å². The summed E-state index contributed by atoms with van der Waals surface area (Å²) in [7, 11) is 0. The minimum absolute atomic E-state index is 0.173. The lowest BCUT2D eigenvalue weighted by atomic mass is 9.75. The molecule has 1 aromatic carbocycles. The second-order valence-corrected chi connectivity index (χ2v) is 6.19. The van der Waals surface area contributed by atoms with E-state index in [1.165, 1.54) is 6.42 Å². The van der Waals surface area contributed by atoms with Crippen LogP contribution >= 0.6 is 0 Å². The predicted octanol–water partition coefficient (Wildman–Crippen LogP) is 4.83. The van der Waals surface area contributed by atoms with Gasteiger partial charge in [0.2, 0.25) is 0 Å². The SMILES string of the molecule is CCCC1CCC(O)C(Cc2ccc(C(F)(F)F)cc2)C1. The Morgan fingerprint density at radius 3 is 2.38 bits per heavy atom. The van der Waals surface area contributed by atoms with Crippen molar-refractivity contribution in [1.29, 1.82) is 0 Å². The third-order valence-electron chi connectivity index (χ3n) is 4.53. The summed E-state index contributed by atoms with van der Waals surface area (Å²) in [5, 5.41) is 10.1. The van der Waals surface area contributed by atoms with Crippen LogP contribution in [0.15, 0.2) is 24.3 Å². The average Bonchev–Trinajstić information content (AvgIpc) is 2.42. The van der Waals surface area contributed by atoms with Gasteiger partial charge >= 0.3 is 6.18 Å². The van der Waals surface area contributed by atoms with Crippen molar-refractivity contribution >= 4 is 0 Å². The van der Waals surface area contributed by atoms with Crippen LogP contribution in [0.4, 0.5) is 13.2 Å². The molecular formula is C17H23F3O. The molecule has 1 aliphatic rings. The Hall–Kier alpha value is -1.03. The molecular weight excluding hydrogens is 277 g/mol. The van der Waals surface area contributed by atoms with Crippen LogP contribution in [0.3, 0.4) is 0 Å². The molecule has 1 aromatic rings. The zero-order valence-corrected chi connectivity index (χ0v) is 12.4. The maximum atomic E-state index is 12.5. The number of aliphatic hydroxyl groups excluding tert-OH is 1. The second kappa shape index (κ2) is 6.82. The van der Waals surface area contributed by atoms with Gasteiger partial charge in [-0.1, -0.05) is 31.9 Å². The Labute approximate surface area is 124 Å². The largest absolute Gasteiger partial charge is 0.416 e. The maximum Gasteiger partial charge on any atom is 0.416 e. The summed E-state index contributed by atoms with van der Waals surface area (Å²) in [6.45, 7) is 2.16. The highest BCUT2D eigenvalue weighted by Gasteiger charge is 2.31. The van der Waals surface area contributed by atoms with Crippen molar-refractivity contribution in [1.82, 2.24) is 0 Å². The molecule has 0 aliphatic heterocycles. The standard InChI is InChI=1S/C17H23F3O/c1-2-3-12-6-9-16(21)14(10-12)11-13-4-7-15(8-5-13)17(18,19)20/h4-5,7-8,12,14,16,21H,2-3,6,9-11H2,1H3. The summed E-state index contributed by atoms with van der Waals surface area (Å²) in [5.74, 6) is 0.824. The minimum Gasteiger partial charge on any atom is -0.393 e. The van der Waals surface area contributed by atoms with Crippen LogP contribution in [0.2, 0.25) is 0 Å². The first kappa shape index (κ1) is 16.3. The number of hydrogen-bond acceptors (Lipinski definition) is 1. The van der Waals surface area contributed by atoms with Gasteiger partial charge in [-0.15, -0.1) is 0 Å². The van der Waals surface area contributed by atoms with E-state index < -0.39 is 11.7 Å². The highest BCUT2D eigenvalue weighted by atomic mass is 19.4. The van der Waals surface area contributed by atoms with Crippen LogP contribution in [0.5, 0.6) is 0 Å². The van der Waals surface area contributed by atoms with Crippen molar-refractivity contribution in [3.05, 3.63) is 35.4 Å². The molecule has 0 bridgehead atoms. The second-order valence-electron chi connectivity index (χ2n) is 6.19. The molecule has 1 N–H and O–H groups in total. The molecule has 118 valence electrons. The van der Waals surface area contributed by atoms with E-state index in [0.29, 0.717) is 12.3 Å². The van der Waals surface area contributed by atoms with E-state index in [1.54, 1.807) is 12.1 Å². The van der Waals surface area contributed by atoms with Crippen LogP contribution in [-0.2, 0) is 12.6 Å². The first-order chi connectivity index (χ1) is 9.90. The fourth-order valence-electron chi connectivity index (χ4n) is 3.37. The summed E-state index contributed by atoms with van der Waals surface area (Å²) >= 11 is 0. The molecule has 1 saturated carbocycles. The molecule has 2 rings (SSSR count). The lowest BCUT2D eigenvalue weighted by Crippen LogP contribution is -2.30. The molecule has 3 atom stereocenters. The third-order valence-corrected chi connectivity index (χ3v) is 4.53. The van der Waals surface area contributed by atoms with Gasteiger partial charge in [0, 0.05) is 0 Å². The molecule has 3 unspecified atom stereocenters. The van der Waals surface area contributed by atoms with Gasteiger partial charge < -0.3 is 5.11 Å². The lowest BCUT2D eigenvalue weighted by molar-refractivity contribution is -0.137. The van der Waals surface area contributed by atoms with Crippen LogP contribution in [-0.4, -0.2) is 11.2 Å². The van der Waals surface area contributed by atoms with Crippen LogP contribution < -0.4 is 0 Å². The quantitative estimate of drug-likeness (QED) is 0.844. The number of rotatable bonds is 4. The molecule has 0 saturated heterocycles. The highest BCUT2D eigenvalue weighted by Crippen LogP contribution is 2.35. The van der Waals surface area contributed by atoms with Crippen LogP contribution in [0, 0.1) is 11.8 Å². The highest BCUT2D eigenvalue weighted by molar-refractivity contribution is 5.25. The van der Waals surface area contributed by atoms with E-state index in [2.05, 4.69) is 6.92 Å². The Bertz CT molecular complexity index is 438. The Balaban J connectivity index is 1.99. The minimum atomic E-state index is -4.28. The Morgan fingerprint density at radius 2 is 1.81 bits per heavy atom. The molecule has 0 radical (unpaired) electrons. The normalized spacial score (nSPS) is 26.8. The van der Waals surface area contributed by atoms with Gasteiger partial charge in [0.25, 0.3) is 0 Å². The smallest absolute Gasteiger partial charge is 0.393 e. The van der Waals surface area contributed by atoms with E-state index in [4.69, 9.17) is 0 Å². The van der Waals surface area contributed by atoms with Gasteiger partial charge in [-0.25, -0.2) is 0 Å². The van der Waals surface area contributed by atoms with Crippen molar-refractivity contribution in [3.8, 4) is 0 Å². The molecule has 1 nitrogen and oxygen atoms in total. The van der Waals surface area contributed by atoms with Crippen molar-refractivity contribution in [2.45, 2.75) is 57.7 Å². The summed E-state index contributed by atoms with van der Waals surface area (Å²) in [6.07, 6.45) is 1.25. The maximum absolute atomic E-state index is 12.5. The number of benzene rings is 1. The molecule has 1 aliphatic carbocycles. The van der Waals surface area contributed by atoms with Crippen molar-refractivity contribution in [3.63, 3.8) is 0 Å². The molecule has 0 spiro atoms. The van der Waals surface area contributed by atoms with E-state index in [9.17, 15) is 18.3 Å². The molecule has 4 heteroatoms. The summed E-state index contributed by atoms with van der Waals surface area (Å²) < 4.78 is 37.6. The van der Waals surface area contributed by atoms with Crippen molar-refractivity contribution < 1.29 is 18.3 Å². The van der Waals surface area contributed by atoms with Crippen molar-refractivity contribution in [2.24, 2.45) is 11.8 Å². The fraction of sp³-hybridized carbons (Fsp3) is 0.647. The van der Waals surface area contributed by atoms with E-state index in [0.717, 1.165) is 43.4 Å². The fourth-order valence-corrected chi connectivity index (χ4v) is 3.37. The molecule has 0 amide bonds. The molecule has 0 heterocycles. The summed E-state index contributed by atoms with van der Waals surface area (Å²) in [5.41, 5.74) is 0.267. The predicted molar refractivity (Wildman–Crippen MR) is 76.9 cm³/mol. The zero-order valence-electron chi connectivity index (χ0n) is 12.4. The number of aliphatic hydroxyl groups is 1. The summed E-state index contributed by atoms with van der Waals surface area (Å²) in [6, 6.07) is 5.35. The molecule has 1 fully saturated rings. The van der Waals surface area contributed by atoms with Gasteiger partial charge in [-0.05, 0) is 55.2 Å². The molecule has 21 heavy (non-hydrogen) atoms. The number of alkyl halides is 3. The first-order valence-corrected chi connectivity index (χ1v) is 7.74. The van der Waals surface area contributed by atoms with Crippen LogP contribution in [0.1, 0.15) is 50.2 Å². The molecule has 0 aromatic heterocycles. The lowest BCUT2D eigenvalue weighted by Gasteiger charge is -2.33. The topological polar surface area (TPSA) is 20.2 Å². The number of hydrogen-bond donors (Lipinski definition) is 1. The van der Waals surface area contributed by atoms with Crippen molar-refractivity contribution in [2.75, 3.05) is 0 Å². The Morgan fingerprint density at radius 1 is 1.14 bits per heavy atom. The zero-order chi connectivity index (χ0) is 15.5. The summed E-state index contributed by atoms with van der Waals surface area (Å²) in [4.78, 5) is 0. The van der Waals surface area contributed by atoms with E-state index in [1.807, 2.05) is 0 Å².